The van der Waals surface area contributed by atoms with Gasteiger partial charge in [-0.15, -0.1) is 10.2 Å². The number of nitrogens with zero attached hydrogens (tertiary/aromatic N) is 2. The van der Waals surface area contributed by atoms with Crippen molar-refractivity contribution in [1.82, 2.24) is 10.2 Å². The van der Waals surface area contributed by atoms with E-state index in [4.69, 9.17) is 9.15 Å². The van der Waals surface area contributed by atoms with Gasteiger partial charge in [0.1, 0.15) is 23.1 Å². The molecule has 27 heavy (non-hydrogen) atoms. The van der Waals surface area contributed by atoms with E-state index in [0.717, 1.165) is 17.3 Å². The van der Waals surface area contributed by atoms with Crippen molar-refractivity contribution in [3.63, 3.8) is 0 Å². The summed E-state index contributed by atoms with van der Waals surface area (Å²) in [6, 6.07) is 13.0. The van der Waals surface area contributed by atoms with Crippen LogP contribution >= 0.6 is 11.8 Å². The average molecular weight is 386 g/mol. The normalized spacial score (nSPS) is 11.4. The predicted octanol–water partition coefficient (Wildman–Crippen LogP) is 4.31. The van der Waals surface area contributed by atoms with E-state index in [2.05, 4.69) is 10.2 Å². The first kappa shape index (κ1) is 18.7. The van der Waals surface area contributed by atoms with Gasteiger partial charge in [0.25, 0.3) is 5.22 Å². The van der Waals surface area contributed by atoms with Crippen molar-refractivity contribution in [2.24, 2.45) is 0 Å². The second kappa shape index (κ2) is 8.50. The van der Waals surface area contributed by atoms with Crippen molar-refractivity contribution in [1.29, 1.82) is 0 Å². The second-order valence-electron chi connectivity index (χ2n) is 5.46. The molecule has 0 bridgehead atoms. The third-order valence-corrected chi connectivity index (χ3v) is 4.28. The Labute approximate surface area is 158 Å². The van der Waals surface area contributed by atoms with Crippen LogP contribution in [-0.2, 0) is 11.4 Å². The molecule has 0 aliphatic heterocycles. The largest absolute Gasteiger partial charge is 0.488 e. The van der Waals surface area contributed by atoms with Crippen LogP contribution in [0.1, 0.15) is 17.0 Å². The molecule has 0 amide bonds. The molecule has 1 aromatic heterocycles. The van der Waals surface area contributed by atoms with Crippen LogP contribution in [0.15, 0.2) is 63.1 Å². The van der Waals surface area contributed by atoms with E-state index in [1.807, 2.05) is 0 Å². The van der Waals surface area contributed by atoms with Crippen LogP contribution in [-0.4, -0.2) is 21.3 Å². The Morgan fingerprint density at radius 3 is 2.63 bits per heavy atom. The maximum atomic E-state index is 13.0. The Morgan fingerprint density at radius 1 is 1.22 bits per heavy atom. The van der Waals surface area contributed by atoms with Crippen LogP contribution < -0.4 is 4.74 Å². The molecule has 0 saturated heterocycles. The van der Waals surface area contributed by atoms with Crippen molar-refractivity contribution in [2.75, 3.05) is 0 Å². The maximum absolute atomic E-state index is 13.0. The number of benzene rings is 2. The number of aryl methyl sites for hydroxylation is 1. The van der Waals surface area contributed by atoms with Crippen LogP contribution in [0.5, 0.6) is 5.75 Å². The zero-order valence-electron chi connectivity index (χ0n) is 14.3. The number of para-hydroxylation sites is 1. The second-order valence-corrected chi connectivity index (χ2v) is 6.45. The van der Waals surface area contributed by atoms with Gasteiger partial charge in [0.15, 0.2) is 0 Å². The molecule has 138 valence electrons. The fourth-order valence-electron chi connectivity index (χ4n) is 2.16. The predicted molar refractivity (Wildman–Crippen MR) is 97.7 cm³/mol. The Bertz CT molecular complexity index is 970. The third-order valence-electron chi connectivity index (χ3n) is 3.43. The Kier molecular flexibility index (Phi) is 5.87. The number of aliphatic carboxylic acids is 1. The van der Waals surface area contributed by atoms with E-state index in [0.29, 0.717) is 17.2 Å². The van der Waals surface area contributed by atoms with Crippen molar-refractivity contribution >= 4 is 23.8 Å². The molecule has 0 aliphatic carbocycles. The molecule has 1 N–H and O–H groups in total. The zero-order chi connectivity index (χ0) is 19.2. The summed E-state index contributed by atoms with van der Waals surface area (Å²) in [7, 11) is 0. The van der Waals surface area contributed by atoms with Crippen molar-refractivity contribution < 1.29 is 23.4 Å². The number of carboxylic acid groups (broad SMARTS) is 1. The number of halogens is 1. The summed E-state index contributed by atoms with van der Waals surface area (Å²) in [5.74, 6) is -0.584. The first-order chi connectivity index (χ1) is 13.0. The highest BCUT2D eigenvalue weighted by atomic mass is 32.2. The maximum Gasteiger partial charge on any atom is 0.342 e. The highest BCUT2D eigenvalue weighted by Crippen LogP contribution is 2.30. The lowest BCUT2D eigenvalue weighted by atomic mass is 10.2. The molecule has 6 nitrogen and oxygen atoms in total. The van der Waals surface area contributed by atoms with Gasteiger partial charge in [-0.2, -0.15) is 0 Å². The fourth-order valence-corrected chi connectivity index (χ4v) is 2.87. The average Bonchev–Trinajstić information content (AvgIpc) is 3.06. The van der Waals surface area contributed by atoms with Crippen LogP contribution in [0.25, 0.3) is 6.08 Å². The van der Waals surface area contributed by atoms with Crippen molar-refractivity contribution in [3.05, 3.63) is 76.3 Å². The number of hydrogen-bond donors (Lipinski definition) is 1. The molecule has 0 fully saturated rings. The highest BCUT2D eigenvalue weighted by molar-refractivity contribution is 8.03. The Morgan fingerprint density at radius 2 is 1.96 bits per heavy atom. The minimum Gasteiger partial charge on any atom is -0.488 e. The van der Waals surface area contributed by atoms with Gasteiger partial charge in [0.2, 0.25) is 5.89 Å². The molecular formula is C19H15FN2O4S. The first-order valence-corrected chi connectivity index (χ1v) is 8.72. The van der Waals surface area contributed by atoms with Gasteiger partial charge >= 0.3 is 5.97 Å². The van der Waals surface area contributed by atoms with Gasteiger partial charge < -0.3 is 14.3 Å². The fraction of sp³-hybridized carbons (Fsp3) is 0.105. The number of ether oxygens (including phenoxy) is 1. The molecule has 3 aromatic rings. The van der Waals surface area contributed by atoms with Crippen molar-refractivity contribution in [2.45, 2.75) is 18.8 Å². The van der Waals surface area contributed by atoms with E-state index in [9.17, 15) is 14.3 Å². The Hall–Kier alpha value is -3.13. The molecule has 3 rings (SSSR count). The summed E-state index contributed by atoms with van der Waals surface area (Å²) >= 11 is 0.861. The summed E-state index contributed by atoms with van der Waals surface area (Å²) < 4.78 is 24.0. The summed E-state index contributed by atoms with van der Waals surface area (Å²) in [6.45, 7) is 1.85. The molecule has 0 spiro atoms. The lowest BCUT2D eigenvalue weighted by molar-refractivity contribution is -0.131. The number of thioether (sulfide) groups is 1. The molecular weight excluding hydrogens is 371 g/mol. The molecule has 2 aromatic carbocycles. The standard InChI is InChI=1S/C19H15FN2O4S/c1-12-21-22-19(26-12)27-17(18(23)24)10-14-4-2-3-5-16(14)25-11-13-6-8-15(20)9-7-13/h2-10H,11H2,1H3,(H,23,24)/b17-10-. The van der Waals surface area contributed by atoms with Crippen LogP contribution in [0.2, 0.25) is 0 Å². The van der Waals surface area contributed by atoms with Crippen LogP contribution in [0.3, 0.4) is 0 Å². The van der Waals surface area contributed by atoms with Gasteiger partial charge in [-0.05, 0) is 41.6 Å². The van der Waals surface area contributed by atoms with Gasteiger partial charge in [-0.25, -0.2) is 9.18 Å². The quantitative estimate of drug-likeness (QED) is 0.478. The summed E-state index contributed by atoms with van der Waals surface area (Å²) in [5.41, 5.74) is 1.38. The van der Waals surface area contributed by atoms with E-state index >= 15 is 0 Å². The number of carboxylic acids is 1. The number of aromatic nitrogens is 2. The molecule has 0 unspecified atom stereocenters. The number of rotatable bonds is 7. The van der Waals surface area contributed by atoms with E-state index in [1.54, 1.807) is 43.3 Å². The highest BCUT2D eigenvalue weighted by Gasteiger charge is 2.15. The topological polar surface area (TPSA) is 85.5 Å². The lowest BCUT2D eigenvalue weighted by Crippen LogP contribution is -1.99. The van der Waals surface area contributed by atoms with Crippen LogP contribution in [0.4, 0.5) is 4.39 Å². The molecule has 0 radical (unpaired) electrons. The third kappa shape index (κ3) is 5.18. The Balaban J connectivity index is 1.81. The first-order valence-electron chi connectivity index (χ1n) is 7.90. The molecule has 0 saturated carbocycles. The van der Waals surface area contributed by atoms with E-state index in [-0.39, 0.29) is 22.6 Å². The minimum absolute atomic E-state index is 0.0106. The summed E-state index contributed by atoms with van der Waals surface area (Å²) in [5, 5.41) is 17.1. The van der Waals surface area contributed by atoms with Gasteiger partial charge in [-0.3, -0.25) is 0 Å². The van der Waals surface area contributed by atoms with Crippen molar-refractivity contribution in [3.8, 4) is 5.75 Å². The lowest BCUT2D eigenvalue weighted by Gasteiger charge is -2.10. The minimum atomic E-state index is -1.12. The zero-order valence-corrected chi connectivity index (χ0v) is 15.1. The SMILES string of the molecule is Cc1nnc(S/C(=C\c2ccccc2OCc2ccc(F)cc2)C(=O)O)o1. The number of carbonyl (C=O) groups is 1. The van der Waals surface area contributed by atoms with Crippen LogP contribution in [0, 0.1) is 12.7 Å². The summed E-state index contributed by atoms with van der Waals surface area (Å²) in [6.07, 6.45) is 1.48. The summed E-state index contributed by atoms with van der Waals surface area (Å²) in [4.78, 5) is 11.6. The smallest absolute Gasteiger partial charge is 0.342 e. The monoisotopic (exact) mass is 386 g/mol. The number of hydrogen-bond acceptors (Lipinski definition) is 6. The molecule has 0 aliphatic rings. The van der Waals surface area contributed by atoms with Gasteiger partial charge in [-0.1, -0.05) is 30.3 Å². The molecule has 8 heteroatoms. The van der Waals surface area contributed by atoms with E-state index < -0.39 is 5.97 Å². The molecule has 1 heterocycles. The van der Waals surface area contributed by atoms with E-state index in [1.165, 1.54) is 18.2 Å². The molecule has 0 atom stereocenters. The van der Waals surface area contributed by atoms with Gasteiger partial charge in [0.05, 0.1) is 0 Å². The van der Waals surface area contributed by atoms with Gasteiger partial charge in [0, 0.05) is 12.5 Å².